The van der Waals surface area contributed by atoms with Crippen LogP contribution < -0.4 is 5.73 Å². The number of halogens is 1. The van der Waals surface area contributed by atoms with Crippen molar-refractivity contribution >= 4 is 18.3 Å². The van der Waals surface area contributed by atoms with Gasteiger partial charge in [-0.15, -0.1) is 12.4 Å². The summed E-state index contributed by atoms with van der Waals surface area (Å²) in [5.41, 5.74) is 5.44. The van der Waals surface area contributed by atoms with E-state index in [1.54, 1.807) is 0 Å². The third kappa shape index (κ3) is 7.19. The molecule has 0 aromatic carbocycles. The van der Waals surface area contributed by atoms with E-state index in [4.69, 9.17) is 5.73 Å². The summed E-state index contributed by atoms with van der Waals surface area (Å²) in [5.74, 6) is 0.341. The molecule has 0 aliphatic carbocycles. The lowest BCUT2D eigenvalue weighted by atomic mass is 10.1. The topological polar surface area (TPSA) is 49.6 Å². The van der Waals surface area contributed by atoms with E-state index >= 15 is 0 Å². The van der Waals surface area contributed by atoms with Gasteiger partial charge in [-0.2, -0.15) is 0 Å². The quantitative estimate of drug-likeness (QED) is 0.748. The third-order valence-corrected chi connectivity index (χ3v) is 3.42. The van der Waals surface area contributed by atoms with Crippen molar-refractivity contribution in [3.8, 4) is 0 Å². The minimum absolute atomic E-state index is 0. The van der Waals surface area contributed by atoms with Gasteiger partial charge in [0.25, 0.3) is 0 Å². The molecule has 0 unspecified atom stereocenters. The highest BCUT2D eigenvalue weighted by molar-refractivity contribution is 5.85. The number of carbonyl (C=O) groups is 1. The Labute approximate surface area is 117 Å². The number of nitrogens with two attached hydrogens (primary N) is 1. The lowest BCUT2D eigenvalue weighted by Gasteiger charge is -2.20. The molecule has 2 N–H and O–H groups in total. The summed E-state index contributed by atoms with van der Waals surface area (Å²) < 4.78 is 0. The number of rotatable bonds is 6. The molecule has 1 aliphatic heterocycles. The van der Waals surface area contributed by atoms with Gasteiger partial charge in [-0.25, -0.2) is 0 Å². The smallest absolute Gasteiger partial charge is 0.222 e. The number of likely N-dealkylation sites (N-methyl/N-ethyl adjacent to an activating group) is 1. The number of unbranched alkanes of at least 4 members (excludes halogenated alkanes) is 3. The van der Waals surface area contributed by atoms with Gasteiger partial charge in [0.05, 0.1) is 0 Å². The highest BCUT2D eigenvalue weighted by Crippen LogP contribution is 2.08. The van der Waals surface area contributed by atoms with Crippen LogP contribution in [0.2, 0.25) is 0 Å². The Morgan fingerprint density at radius 2 is 1.78 bits per heavy atom. The standard InChI is InChI=1S/C13H27N3O.ClH/c1-15-9-6-10-16(12-11-15)13(17)7-4-2-3-5-8-14;/h2-12,14H2,1H3;1H. The lowest BCUT2D eigenvalue weighted by Crippen LogP contribution is -2.34. The molecule has 1 aliphatic rings. The van der Waals surface area contributed by atoms with Crippen molar-refractivity contribution in [2.75, 3.05) is 39.8 Å². The van der Waals surface area contributed by atoms with E-state index in [1.807, 2.05) is 4.90 Å². The first-order valence-electron chi connectivity index (χ1n) is 6.90. The first-order chi connectivity index (χ1) is 8.24. The highest BCUT2D eigenvalue weighted by atomic mass is 35.5. The number of hydrogen-bond acceptors (Lipinski definition) is 3. The number of hydrogen-bond donors (Lipinski definition) is 1. The zero-order chi connectivity index (χ0) is 12.5. The second-order valence-corrected chi connectivity index (χ2v) is 4.99. The van der Waals surface area contributed by atoms with E-state index < -0.39 is 0 Å². The van der Waals surface area contributed by atoms with Crippen molar-refractivity contribution in [3.63, 3.8) is 0 Å². The Kier molecular flexibility index (Phi) is 10.4. The second-order valence-electron chi connectivity index (χ2n) is 4.99. The van der Waals surface area contributed by atoms with Crippen molar-refractivity contribution in [1.82, 2.24) is 9.80 Å². The van der Waals surface area contributed by atoms with E-state index in [0.29, 0.717) is 12.3 Å². The van der Waals surface area contributed by atoms with E-state index in [9.17, 15) is 4.79 Å². The van der Waals surface area contributed by atoms with Crippen molar-refractivity contribution < 1.29 is 4.79 Å². The van der Waals surface area contributed by atoms with Crippen LogP contribution in [0.4, 0.5) is 0 Å². The maximum absolute atomic E-state index is 12.0. The average molecular weight is 278 g/mol. The average Bonchev–Trinajstić information content (AvgIpc) is 2.53. The predicted molar refractivity (Wildman–Crippen MR) is 78.1 cm³/mol. The normalized spacial score (nSPS) is 17.1. The Morgan fingerprint density at radius 3 is 2.50 bits per heavy atom. The van der Waals surface area contributed by atoms with Crippen molar-refractivity contribution in [3.05, 3.63) is 0 Å². The molecule has 1 rings (SSSR count). The second kappa shape index (κ2) is 10.6. The summed E-state index contributed by atoms with van der Waals surface area (Å²) in [7, 11) is 2.13. The van der Waals surface area contributed by atoms with Gasteiger partial charge in [0.15, 0.2) is 0 Å². The summed E-state index contributed by atoms with van der Waals surface area (Å²) in [6.45, 7) is 4.73. The SMILES string of the molecule is CN1CCCN(C(=O)CCCCCCN)CC1.Cl. The fourth-order valence-corrected chi connectivity index (χ4v) is 2.23. The van der Waals surface area contributed by atoms with Crippen molar-refractivity contribution in [2.45, 2.75) is 38.5 Å². The molecule has 0 spiro atoms. The van der Waals surface area contributed by atoms with Gasteiger partial charge in [0, 0.05) is 26.1 Å². The Hall–Kier alpha value is -0.320. The Morgan fingerprint density at radius 1 is 1.06 bits per heavy atom. The molecule has 1 saturated heterocycles. The molecule has 5 heteroatoms. The zero-order valence-corrected chi connectivity index (χ0v) is 12.4. The molecule has 1 heterocycles. The van der Waals surface area contributed by atoms with Crippen LogP contribution in [0.15, 0.2) is 0 Å². The minimum Gasteiger partial charge on any atom is -0.341 e. The van der Waals surface area contributed by atoms with Crippen LogP contribution in [0.5, 0.6) is 0 Å². The van der Waals surface area contributed by atoms with Crippen LogP contribution in [0, 0.1) is 0 Å². The summed E-state index contributed by atoms with van der Waals surface area (Å²) in [6.07, 6.45) is 6.22. The summed E-state index contributed by atoms with van der Waals surface area (Å²) in [5, 5.41) is 0. The Balaban J connectivity index is 0.00000289. The largest absolute Gasteiger partial charge is 0.341 e. The van der Waals surface area contributed by atoms with Crippen LogP contribution in [-0.2, 0) is 4.79 Å². The number of nitrogens with zero attached hydrogens (tertiary/aromatic N) is 2. The van der Waals surface area contributed by atoms with Crippen LogP contribution in [-0.4, -0.2) is 55.5 Å². The van der Waals surface area contributed by atoms with Gasteiger partial charge in [-0.1, -0.05) is 12.8 Å². The summed E-state index contributed by atoms with van der Waals surface area (Å²) >= 11 is 0. The molecule has 0 atom stereocenters. The maximum Gasteiger partial charge on any atom is 0.222 e. The van der Waals surface area contributed by atoms with Crippen molar-refractivity contribution in [1.29, 1.82) is 0 Å². The fraction of sp³-hybridized carbons (Fsp3) is 0.923. The van der Waals surface area contributed by atoms with Crippen molar-refractivity contribution in [2.24, 2.45) is 5.73 Å². The molecule has 1 fully saturated rings. The van der Waals surface area contributed by atoms with Gasteiger partial charge in [0.2, 0.25) is 5.91 Å². The highest BCUT2D eigenvalue weighted by Gasteiger charge is 2.16. The van der Waals surface area contributed by atoms with E-state index in [-0.39, 0.29) is 12.4 Å². The molecule has 1 amide bonds. The summed E-state index contributed by atoms with van der Waals surface area (Å²) in [4.78, 5) is 16.3. The van der Waals surface area contributed by atoms with Gasteiger partial charge in [-0.3, -0.25) is 4.79 Å². The first-order valence-corrected chi connectivity index (χ1v) is 6.90. The molecular formula is C13H28ClN3O. The molecule has 4 nitrogen and oxygen atoms in total. The molecule has 0 bridgehead atoms. The Bertz CT molecular complexity index is 226. The number of carbonyl (C=O) groups excluding carboxylic acids is 1. The molecule has 0 aromatic heterocycles. The van der Waals surface area contributed by atoms with Gasteiger partial charge < -0.3 is 15.5 Å². The van der Waals surface area contributed by atoms with Crippen LogP contribution in [0.25, 0.3) is 0 Å². The van der Waals surface area contributed by atoms with Crippen LogP contribution >= 0.6 is 12.4 Å². The van der Waals surface area contributed by atoms with Gasteiger partial charge in [-0.05, 0) is 39.4 Å². The molecular weight excluding hydrogens is 250 g/mol. The fourth-order valence-electron chi connectivity index (χ4n) is 2.23. The zero-order valence-electron chi connectivity index (χ0n) is 11.6. The minimum atomic E-state index is 0. The molecule has 0 aromatic rings. The molecule has 0 radical (unpaired) electrons. The first kappa shape index (κ1) is 17.7. The number of amides is 1. The van der Waals surface area contributed by atoms with E-state index in [2.05, 4.69) is 11.9 Å². The molecule has 18 heavy (non-hydrogen) atoms. The predicted octanol–water partition coefficient (Wildman–Crippen LogP) is 1.48. The monoisotopic (exact) mass is 277 g/mol. The van der Waals surface area contributed by atoms with Gasteiger partial charge in [0.1, 0.15) is 0 Å². The third-order valence-electron chi connectivity index (χ3n) is 3.42. The van der Waals surface area contributed by atoms with Gasteiger partial charge >= 0.3 is 0 Å². The molecule has 108 valence electrons. The van der Waals surface area contributed by atoms with E-state index in [0.717, 1.165) is 64.8 Å². The van der Waals surface area contributed by atoms with E-state index in [1.165, 1.54) is 0 Å². The van der Waals surface area contributed by atoms with Crippen LogP contribution in [0.1, 0.15) is 38.5 Å². The lowest BCUT2D eigenvalue weighted by molar-refractivity contribution is -0.131. The molecule has 0 saturated carbocycles. The van der Waals surface area contributed by atoms with Crippen LogP contribution in [0.3, 0.4) is 0 Å². The maximum atomic E-state index is 12.0. The summed E-state index contributed by atoms with van der Waals surface area (Å²) in [6, 6.07) is 0.